The number of hydrogen-bond donors (Lipinski definition) is 1. The number of aryl methyl sites for hydroxylation is 2. The average Bonchev–Trinajstić information content (AvgIpc) is 2.90. The lowest BCUT2D eigenvalue weighted by atomic mass is 10.4. The summed E-state index contributed by atoms with van der Waals surface area (Å²) >= 11 is 0. The second-order valence-electron chi connectivity index (χ2n) is 3.85. The molecule has 0 bridgehead atoms. The molecule has 0 amide bonds. The number of nitrogens with zero attached hydrogens (tertiary/aromatic N) is 4. The van der Waals surface area contributed by atoms with E-state index in [1.165, 1.54) is 4.57 Å². The van der Waals surface area contributed by atoms with Gasteiger partial charge in [-0.3, -0.25) is 9.25 Å². The van der Waals surface area contributed by atoms with Gasteiger partial charge in [0.05, 0.1) is 13.1 Å². The predicted octanol–water partition coefficient (Wildman–Crippen LogP) is 0.468. The molecule has 3 aromatic rings. The first kappa shape index (κ1) is 10.6. The minimum Gasteiger partial charge on any atom is -0.406 e. The summed E-state index contributed by atoms with van der Waals surface area (Å²) in [6, 6.07) is 5.14. The van der Waals surface area contributed by atoms with Gasteiger partial charge in [-0.15, -0.1) is 0 Å². The maximum Gasteiger partial charge on any atom is 0.421 e. The summed E-state index contributed by atoms with van der Waals surface area (Å²) in [7, 11) is 0. The summed E-state index contributed by atoms with van der Waals surface area (Å²) in [5.41, 5.74) is 6.55. The van der Waals surface area contributed by atoms with Crippen LogP contribution in [0.4, 0.5) is 5.82 Å². The van der Waals surface area contributed by atoms with Gasteiger partial charge in [0.25, 0.3) is 0 Å². The first-order chi connectivity index (χ1) is 8.74. The zero-order valence-electron chi connectivity index (χ0n) is 9.48. The molecule has 2 N–H and O–H groups in total. The van der Waals surface area contributed by atoms with E-state index in [9.17, 15) is 4.79 Å². The minimum absolute atomic E-state index is 0.413. The molecule has 0 aliphatic rings. The molecular formula is C11H11N5O2. The smallest absolute Gasteiger partial charge is 0.406 e. The number of rotatable bonds is 3. The van der Waals surface area contributed by atoms with Crippen molar-refractivity contribution in [1.29, 1.82) is 0 Å². The monoisotopic (exact) mass is 245 g/mol. The van der Waals surface area contributed by atoms with E-state index in [1.54, 1.807) is 35.3 Å². The molecule has 0 radical (unpaired) electrons. The molecule has 0 aliphatic carbocycles. The van der Waals surface area contributed by atoms with E-state index in [2.05, 4.69) is 10.1 Å². The summed E-state index contributed by atoms with van der Waals surface area (Å²) in [4.78, 5) is 15.8. The first-order valence-corrected chi connectivity index (χ1v) is 5.47. The number of oxazole rings is 1. The standard InChI is InChI=1S/C11H11N5O2/c12-9-3-5-15(14-9)6-7-16-10-8(18-11(16)17)2-1-4-13-10/h1-5H,6-7H2,(H2,12,14). The lowest BCUT2D eigenvalue weighted by Crippen LogP contribution is -2.18. The highest BCUT2D eigenvalue weighted by Crippen LogP contribution is 2.08. The van der Waals surface area contributed by atoms with E-state index < -0.39 is 5.76 Å². The van der Waals surface area contributed by atoms with Crippen molar-refractivity contribution in [2.45, 2.75) is 13.1 Å². The zero-order valence-corrected chi connectivity index (χ0v) is 9.48. The number of fused-ring (bicyclic) bond motifs is 1. The van der Waals surface area contributed by atoms with Gasteiger partial charge in [0.1, 0.15) is 5.82 Å². The highest BCUT2D eigenvalue weighted by atomic mass is 16.4. The number of aromatic nitrogens is 4. The Kier molecular flexibility index (Phi) is 2.36. The van der Waals surface area contributed by atoms with Crippen LogP contribution in [0.3, 0.4) is 0 Å². The van der Waals surface area contributed by atoms with E-state index in [1.807, 2.05) is 0 Å². The Bertz CT molecular complexity index is 739. The van der Waals surface area contributed by atoms with Gasteiger partial charge in [-0.2, -0.15) is 5.10 Å². The Balaban J connectivity index is 1.90. The van der Waals surface area contributed by atoms with Crippen molar-refractivity contribution >= 4 is 17.0 Å². The molecule has 92 valence electrons. The van der Waals surface area contributed by atoms with Crippen molar-refractivity contribution in [3.8, 4) is 0 Å². The highest BCUT2D eigenvalue weighted by Gasteiger charge is 2.09. The van der Waals surface area contributed by atoms with Crippen LogP contribution in [0.2, 0.25) is 0 Å². The molecule has 0 aromatic carbocycles. The lowest BCUT2D eigenvalue weighted by molar-refractivity contribution is 0.471. The second-order valence-corrected chi connectivity index (χ2v) is 3.85. The van der Waals surface area contributed by atoms with Crippen LogP contribution in [0.25, 0.3) is 11.2 Å². The van der Waals surface area contributed by atoms with Crippen molar-refractivity contribution in [1.82, 2.24) is 19.3 Å². The molecule has 7 heteroatoms. The maximum atomic E-state index is 11.7. The number of nitrogen functional groups attached to an aromatic ring is 1. The minimum atomic E-state index is -0.413. The second kappa shape index (κ2) is 4.02. The summed E-state index contributed by atoms with van der Waals surface area (Å²) in [5, 5.41) is 4.05. The van der Waals surface area contributed by atoms with Crippen molar-refractivity contribution in [3.63, 3.8) is 0 Å². The molecule has 3 rings (SSSR count). The average molecular weight is 245 g/mol. The molecule has 0 aliphatic heterocycles. The predicted molar refractivity (Wildman–Crippen MR) is 64.9 cm³/mol. The molecule has 0 saturated heterocycles. The number of hydrogen-bond acceptors (Lipinski definition) is 5. The molecule has 18 heavy (non-hydrogen) atoms. The van der Waals surface area contributed by atoms with Gasteiger partial charge in [0, 0.05) is 12.4 Å². The number of anilines is 1. The zero-order chi connectivity index (χ0) is 12.5. The quantitative estimate of drug-likeness (QED) is 0.724. The Morgan fingerprint density at radius 3 is 3.00 bits per heavy atom. The van der Waals surface area contributed by atoms with Crippen LogP contribution < -0.4 is 11.5 Å². The summed E-state index contributed by atoms with van der Waals surface area (Å²) in [6.45, 7) is 0.965. The van der Waals surface area contributed by atoms with Crippen LogP contribution in [0.1, 0.15) is 0 Å². The molecule has 0 unspecified atom stereocenters. The first-order valence-electron chi connectivity index (χ1n) is 5.47. The van der Waals surface area contributed by atoms with Crippen molar-refractivity contribution < 1.29 is 4.42 Å². The fraction of sp³-hybridized carbons (Fsp3) is 0.182. The Morgan fingerprint density at radius 2 is 2.22 bits per heavy atom. The lowest BCUT2D eigenvalue weighted by Gasteiger charge is -2.01. The summed E-state index contributed by atoms with van der Waals surface area (Å²) in [6.07, 6.45) is 3.38. The Labute approximate surface area is 101 Å². The fourth-order valence-electron chi connectivity index (χ4n) is 1.80. The van der Waals surface area contributed by atoms with Gasteiger partial charge in [0.2, 0.25) is 0 Å². The number of nitrogens with two attached hydrogens (primary N) is 1. The van der Waals surface area contributed by atoms with Gasteiger partial charge in [-0.25, -0.2) is 9.78 Å². The van der Waals surface area contributed by atoms with Gasteiger partial charge in [-0.05, 0) is 18.2 Å². The van der Waals surface area contributed by atoms with Gasteiger partial charge in [0.15, 0.2) is 11.2 Å². The van der Waals surface area contributed by atoms with E-state index in [4.69, 9.17) is 10.2 Å². The van der Waals surface area contributed by atoms with Crippen molar-refractivity contribution in [2.75, 3.05) is 5.73 Å². The number of pyridine rings is 1. The summed E-state index contributed by atoms with van der Waals surface area (Å²) in [5.74, 6) is 0.0429. The fourth-order valence-corrected chi connectivity index (χ4v) is 1.80. The van der Waals surface area contributed by atoms with Crippen LogP contribution in [0.5, 0.6) is 0 Å². The molecule has 0 atom stereocenters. The third kappa shape index (κ3) is 1.75. The van der Waals surface area contributed by atoms with Gasteiger partial charge in [-0.1, -0.05) is 0 Å². The van der Waals surface area contributed by atoms with E-state index >= 15 is 0 Å². The molecule has 7 nitrogen and oxygen atoms in total. The normalized spacial score (nSPS) is 11.1. The molecule has 0 spiro atoms. The highest BCUT2D eigenvalue weighted by molar-refractivity contribution is 5.67. The molecule has 3 aromatic heterocycles. The van der Waals surface area contributed by atoms with Crippen molar-refractivity contribution in [2.24, 2.45) is 0 Å². The van der Waals surface area contributed by atoms with E-state index in [0.29, 0.717) is 30.1 Å². The van der Waals surface area contributed by atoms with Crippen LogP contribution in [0.15, 0.2) is 39.8 Å². The van der Waals surface area contributed by atoms with Crippen LogP contribution in [-0.4, -0.2) is 19.3 Å². The van der Waals surface area contributed by atoms with Gasteiger partial charge >= 0.3 is 5.76 Å². The molecule has 0 saturated carbocycles. The largest absolute Gasteiger partial charge is 0.421 e. The maximum absolute atomic E-state index is 11.7. The topological polar surface area (TPSA) is 91.9 Å². The van der Waals surface area contributed by atoms with Crippen LogP contribution >= 0.6 is 0 Å². The van der Waals surface area contributed by atoms with Crippen molar-refractivity contribution in [3.05, 3.63) is 41.1 Å². The molecule has 3 heterocycles. The van der Waals surface area contributed by atoms with Crippen LogP contribution in [-0.2, 0) is 13.1 Å². The molecular weight excluding hydrogens is 234 g/mol. The molecule has 0 fully saturated rings. The van der Waals surface area contributed by atoms with E-state index in [-0.39, 0.29) is 0 Å². The third-order valence-electron chi connectivity index (χ3n) is 2.64. The third-order valence-corrected chi connectivity index (χ3v) is 2.64. The van der Waals surface area contributed by atoms with Gasteiger partial charge < -0.3 is 10.2 Å². The SMILES string of the molecule is Nc1ccn(CCn2c(=O)oc3cccnc32)n1. The van der Waals surface area contributed by atoms with E-state index in [0.717, 1.165) is 0 Å². The Morgan fingerprint density at radius 1 is 1.33 bits per heavy atom. The van der Waals surface area contributed by atoms with Crippen LogP contribution in [0, 0.1) is 0 Å². The summed E-state index contributed by atoms with van der Waals surface area (Å²) < 4.78 is 8.23. The Hall–Kier alpha value is -2.57.